The molecule has 3 atom stereocenters. The van der Waals surface area contributed by atoms with Gasteiger partial charge in [0.1, 0.15) is 6.10 Å². The number of benzene rings is 1. The third-order valence-electron chi connectivity index (χ3n) is 4.99. The van der Waals surface area contributed by atoms with Gasteiger partial charge < -0.3 is 9.64 Å². The van der Waals surface area contributed by atoms with E-state index in [0.29, 0.717) is 6.61 Å². The van der Waals surface area contributed by atoms with Crippen molar-refractivity contribution in [1.82, 2.24) is 9.80 Å². The van der Waals surface area contributed by atoms with Crippen molar-refractivity contribution in [3.05, 3.63) is 35.9 Å². The average molecular weight is 344 g/mol. The second kappa shape index (κ2) is 7.35. The first-order chi connectivity index (χ1) is 12.0. The summed E-state index contributed by atoms with van der Waals surface area (Å²) in [6.45, 7) is 4.58. The van der Waals surface area contributed by atoms with Crippen molar-refractivity contribution in [2.24, 2.45) is 0 Å². The Bertz CT molecular complexity index is 645. The number of amides is 3. The Morgan fingerprint density at radius 1 is 1.12 bits per heavy atom. The van der Waals surface area contributed by atoms with Crippen molar-refractivity contribution in [1.29, 1.82) is 0 Å². The lowest BCUT2D eigenvalue weighted by atomic mass is 9.98. The first-order valence-electron chi connectivity index (χ1n) is 8.80. The summed E-state index contributed by atoms with van der Waals surface area (Å²) in [6.07, 6.45) is 0.505. The van der Waals surface area contributed by atoms with Gasteiger partial charge in [0.2, 0.25) is 17.7 Å². The monoisotopic (exact) mass is 344 g/mol. The number of carbonyl (C=O) groups excluding carboxylic acids is 3. The Kier molecular flexibility index (Phi) is 5.18. The Hall–Kier alpha value is -2.21. The summed E-state index contributed by atoms with van der Waals surface area (Å²) < 4.78 is 5.97. The maximum atomic E-state index is 12.8. The van der Waals surface area contributed by atoms with Crippen LogP contribution in [0.1, 0.15) is 44.8 Å². The van der Waals surface area contributed by atoms with Crippen LogP contribution in [-0.2, 0) is 19.1 Å². The lowest BCUT2D eigenvalue weighted by Crippen LogP contribution is -2.54. The summed E-state index contributed by atoms with van der Waals surface area (Å²) in [5.74, 6) is -0.400. The highest BCUT2D eigenvalue weighted by Gasteiger charge is 2.37. The summed E-state index contributed by atoms with van der Waals surface area (Å²) in [4.78, 5) is 39.2. The molecule has 0 spiro atoms. The quantitative estimate of drug-likeness (QED) is 0.783. The number of ether oxygens (including phenoxy) is 1. The van der Waals surface area contributed by atoms with E-state index in [0.717, 1.165) is 5.56 Å². The van der Waals surface area contributed by atoms with E-state index in [4.69, 9.17) is 4.74 Å². The van der Waals surface area contributed by atoms with Crippen LogP contribution in [0, 0.1) is 0 Å². The normalized spacial score (nSPS) is 27.0. The molecule has 0 saturated carbocycles. The predicted octanol–water partition coefficient (Wildman–Crippen LogP) is 1.90. The molecular weight excluding hydrogens is 320 g/mol. The fraction of sp³-hybridized carbons (Fsp3) is 0.526. The van der Waals surface area contributed by atoms with E-state index in [1.165, 1.54) is 4.90 Å². The zero-order valence-electron chi connectivity index (χ0n) is 14.7. The molecule has 2 heterocycles. The van der Waals surface area contributed by atoms with Gasteiger partial charge >= 0.3 is 0 Å². The Morgan fingerprint density at radius 2 is 1.76 bits per heavy atom. The number of morpholine rings is 1. The highest BCUT2D eigenvalue weighted by Crippen LogP contribution is 2.31. The molecule has 2 saturated heterocycles. The smallest absolute Gasteiger partial charge is 0.229 e. The van der Waals surface area contributed by atoms with Crippen LogP contribution >= 0.6 is 0 Å². The second-order valence-corrected chi connectivity index (χ2v) is 6.74. The van der Waals surface area contributed by atoms with Gasteiger partial charge in [-0.1, -0.05) is 30.3 Å². The minimum Gasteiger partial charge on any atom is -0.369 e. The number of hydrogen-bond donors (Lipinski definition) is 0. The van der Waals surface area contributed by atoms with Crippen molar-refractivity contribution in [3.63, 3.8) is 0 Å². The molecule has 0 bridgehead atoms. The van der Waals surface area contributed by atoms with Crippen LogP contribution in [0.2, 0.25) is 0 Å². The van der Waals surface area contributed by atoms with E-state index < -0.39 is 0 Å². The number of imide groups is 1. The highest BCUT2D eigenvalue weighted by atomic mass is 16.5. The molecule has 0 radical (unpaired) electrons. The SMILES string of the molecule is C[C@@H]1CO[C@H](c2ccccc2)[C@@H](C)N1C(=O)CCN1C(=O)CCC1=O. The zero-order valence-corrected chi connectivity index (χ0v) is 14.7. The molecule has 1 aromatic rings. The molecule has 6 nitrogen and oxygen atoms in total. The summed E-state index contributed by atoms with van der Waals surface area (Å²) in [5, 5.41) is 0. The summed E-state index contributed by atoms with van der Waals surface area (Å²) in [6, 6.07) is 9.73. The average Bonchev–Trinajstić information content (AvgIpc) is 2.92. The van der Waals surface area contributed by atoms with Gasteiger partial charge in [-0.05, 0) is 19.4 Å². The van der Waals surface area contributed by atoms with Gasteiger partial charge in [0.05, 0.1) is 18.7 Å². The lowest BCUT2D eigenvalue weighted by Gasteiger charge is -2.44. The number of carbonyl (C=O) groups is 3. The van der Waals surface area contributed by atoms with Crippen LogP contribution < -0.4 is 0 Å². The summed E-state index contributed by atoms with van der Waals surface area (Å²) in [7, 11) is 0. The molecule has 0 aliphatic carbocycles. The lowest BCUT2D eigenvalue weighted by molar-refractivity contribution is -0.154. The molecular formula is C19H24N2O4. The van der Waals surface area contributed by atoms with E-state index in [9.17, 15) is 14.4 Å². The van der Waals surface area contributed by atoms with Crippen molar-refractivity contribution < 1.29 is 19.1 Å². The first-order valence-corrected chi connectivity index (χ1v) is 8.80. The molecule has 0 unspecified atom stereocenters. The van der Waals surface area contributed by atoms with Crippen LogP contribution in [0.5, 0.6) is 0 Å². The molecule has 0 N–H and O–H groups in total. The molecule has 2 aliphatic heterocycles. The van der Waals surface area contributed by atoms with E-state index >= 15 is 0 Å². The van der Waals surface area contributed by atoms with Gasteiger partial charge in [0.15, 0.2) is 0 Å². The van der Waals surface area contributed by atoms with Crippen molar-refractivity contribution in [2.75, 3.05) is 13.2 Å². The van der Waals surface area contributed by atoms with Gasteiger partial charge in [-0.15, -0.1) is 0 Å². The third kappa shape index (κ3) is 3.58. The minimum absolute atomic E-state index is 0.0348. The van der Waals surface area contributed by atoms with Gasteiger partial charge in [0.25, 0.3) is 0 Å². The largest absolute Gasteiger partial charge is 0.369 e. The van der Waals surface area contributed by atoms with E-state index in [1.54, 1.807) is 0 Å². The van der Waals surface area contributed by atoms with Crippen LogP contribution in [0.15, 0.2) is 30.3 Å². The van der Waals surface area contributed by atoms with Crippen molar-refractivity contribution in [2.45, 2.75) is 51.3 Å². The van der Waals surface area contributed by atoms with E-state index in [2.05, 4.69) is 0 Å². The molecule has 2 aliphatic rings. The van der Waals surface area contributed by atoms with E-state index in [1.807, 2.05) is 49.1 Å². The topological polar surface area (TPSA) is 66.9 Å². The molecule has 134 valence electrons. The standard InChI is InChI=1S/C19H24N2O4/c1-13-12-25-19(15-6-4-3-5-7-15)14(2)21(13)18(24)10-11-20-16(22)8-9-17(20)23/h3-7,13-14,19H,8-12H2,1-2H3/t13-,14-,19+/m1/s1. The van der Waals surface area contributed by atoms with Crippen LogP contribution in [0.25, 0.3) is 0 Å². The maximum absolute atomic E-state index is 12.8. The highest BCUT2D eigenvalue weighted by molar-refractivity contribution is 6.02. The number of nitrogens with zero attached hydrogens (tertiary/aromatic N) is 2. The first kappa shape index (κ1) is 17.6. The fourth-order valence-corrected chi connectivity index (χ4v) is 3.71. The van der Waals surface area contributed by atoms with Crippen LogP contribution in [0.3, 0.4) is 0 Å². The number of likely N-dealkylation sites (tertiary alicyclic amines) is 1. The van der Waals surface area contributed by atoms with Gasteiger partial charge in [0, 0.05) is 25.8 Å². The molecule has 0 aromatic heterocycles. The minimum atomic E-state index is -0.178. The zero-order chi connectivity index (χ0) is 18.0. The second-order valence-electron chi connectivity index (χ2n) is 6.74. The summed E-state index contributed by atoms with van der Waals surface area (Å²) in [5.41, 5.74) is 1.05. The molecule has 25 heavy (non-hydrogen) atoms. The van der Waals surface area contributed by atoms with Crippen molar-refractivity contribution >= 4 is 17.7 Å². The van der Waals surface area contributed by atoms with Gasteiger partial charge in [-0.2, -0.15) is 0 Å². The molecule has 3 rings (SSSR count). The van der Waals surface area contributed by atoms with Gasteiger partial charge in [-0.3, -0.25) is 19.3 Å². The molecule has 3 amide bonds. The Morgan fingerprint density at radius 3 is 2.40 bits per heavy atom. The van der Waals surface area contributed by atoms with Crippen LogP contribution in [-0.4, -0.2) is 52.8 Å². The Labute approximate surface area is 147 Å². The maximum Gasteiger partial charge on any atom is 0.229 e. The number of hydrogen-bond acceptors (Lipinski definition) is 4. The molecule has 2 fully saturated rings. The number of rotatable bonds is 4. The fourth-order valence-electron chi connectivity index (χ4n) is 3.71. The van der Waals surface area contributed by atoms with E-state index in [-0.39, 0.29) is 61.7 Å². The van der Waals surface area contributed by atoms with Crippen LogP contribution in [0.4, 0.5) is 0 Å². The van der Waals surface area contributed by atoms with Gasteiger partial charge in [-0.25, -0.2) is 0 Å². The predicted molar refractivity (Wildman–Crippen MR) is 91.5 cm³/mol. The van der Waals surface area contributed by atoms with Crippen molar-refractivity contribution in [3.8, 4) is 0 Å². The summed E-state index contributed by atoms with van der Waals surface area (Å²) >= 11 is 0. The Balaban J connectivity index is 1.67. The third-order valence-corrected chi connectivity index (χ3v) is 4.99. The molecule has 6 heteroatoms. The molecule has 1 aromatic carbocycles.